The Kier molecular flexibility index (Phi) is 9.35. The molecule has 11 nitrogen and oxygen atoms in total. The molecule has 0 unspecified atom stereocenters. The molecule has 39 heavy (non-hydrogen) atoms. The van der Waals surface area contributed by atoms with E-state index in [1.807, 2.05) is 47.9 Å². The van der Waals surface area contributed by atoms with Gasteiger partial charge in [-0.3, -0.25) is 14.3 Å². The minimum absolute atomic E-state index is 0.0643. The molecule has 0 radical (unpaired) electrons. The summed E-state index contributed by atoms with van der Waals surface area (Å²) in [5.41, 5.74) is 4.82. The van der Waals surface area contributed by atoms with Crippen LogP contribution in [0.5, 0.6) is 23.0 Å². The summed E-state index contributed by atoms with van der Waals surface area (Å²) in [5, 5.41) is 13.3. The number of nitrogens with one attached hydrogen (secondary N) is 1. The third kappa shape index (κ3) is 6.65. The molecule has 202 valence electrons. The SMILES string of the molecule is CCOc1ccc(-n2c(SCC(=O)NN=Cc3cc(OC)c(OC)c(OC)c3)nnc2-c2cccnc2)cc1. The molecular weight excluding hydrogens is 520 g/mol. The highest BCUT2D eigenvalue weighted by Gasteiger charge is 2.18. The van der Waals surface area contributed by atoms with Crippen LogP contribution in [0.25, 0.3) is 17.1 Å². The summed E-state index contributed by atoms with van der Waals surface area (Å²) in [6.07, 6.45) is 4.91. The Bertz CT molecular complexity index is 1400. The van der Waals surface area contributed by atoms with Gasteiger partial charge >= 0.3 is 0 Å². The number of pyridine rings is 1. The fourth-order valence-electron chi connectivity index (χ4n) is 3.65. The highest BCUT2D eigenvalue weighted by Crippen LogP contribution is 2.37. The second kappa shape index (κ2) is 13.3. The first-order valence-corrected chi connectivity index (χ1v) is 12.9. The number of methoxy groups -OCH3 is 3. The van der Waals surface area contributed by atoms with Gasteiger partial charge in [-0.2, -0.15) is 5.10 Å². The second-order valence-electron chi connectivity index (χ2n) is 7.85. The number of carbonyl (C=O) groups is 1. The maximum absolute atomic E-state index is 12.6. The molecule has 1 N–H and O–H groups in total. The van der Waals surface area contributed by atoms with Crippen LogP contribution in [0.2, 0.25) is 0 Å². The van der Waals surface area contributed by atoms with Crippen molar-refractivity contribution in [2.24, 2.45) is 5.10 Å². The van der Waals surface area contributed by atoms with Gasteiger partial charge < -0.3 is 18.9 Å². The van der Waals surface area contributed by atoms with Crippen molar-refractivity contribution in [1.29, 1.82) is 0 Å². The van der Waals surface area contributed by atoms with E-state index < -0.39 is 0 Å². The molecule has 12 heteroatoms. The summed E-state index contributed by atoms with van der Waals surface area (Å²) < 4.78 is 23.5. The number of thioether (sulfide) groups is 1. The van der Waals surface area contributed by atoms with E-state index in [0.717, 1.165) is 17.0 Å². The molecular formula is C27H28N6O5S. The van der Waals surface area contributed by atoms with Gasteiger partial charge in [0.2, 0.25) is 5.75 Å². The zero-order valence-corrected chi connectivity index (χ0v) is 22.8. The van der Waals surface area contributed by atoms with Crippen molar-refractivity contribution in [3.05, 3.63) is 66.5 Å². The molecule has 0 aliphatic carbocycles. The van der Waals surface area contributed by atoms with Crippen LogP contribution in [-0.2, 0) is 4.79 Å². The predicted molar refractivity (Wildman–Crippen MR) is 148 cm³/mol. The molecule has 0 aliphatic rings. The average molecular weight is 549 g/mol. The number of hydrogen-bond acceptors (Lipinski definition) is 10. The molecule has 1 amide bonds. The topological polar surface area (TPSA) is 122 Å². The van der Waals surface area contributed by atoms with E-state index in [4.69, 9.17) is 18.9 Å². The van der Waals surface area contributed by atoms with Gasteiger partial charge in [-0.1, -0.05) is 11.8 Å². The van der Waals surface area contributed by atoms with Gasteiger partial charge in [-0.25, -0.2) is 5.43 Å². The molecule has 2 aromatic heterocycles. The van der Waals surface area contributed by atoms with Gasteiger partial charge in [-0.15, -0.1) is 10.2 Å². The summed E-state index contributed by atoms with van der Waals surface area (Å²) in [5.74, 6) is 2.56. The van der Waals surface area contributed by atoms with Crippen molar-refractivity contribution in [2.75, 3.05) is 33.7 Å². The van der Waals surface area contributed by atoms with Crippen LogP contribution in [0.1, 0.15) is 12.5 Å². The summed E-state index contributed by atoms with van der Waals surface area (Å²) in [6.45, 7) is 2.51. The summed E-state index contributed by atoms with van der Waals surface area (Å²) in [6, 6.07) is 14.8. The Morgan fingerprint density at radius 2 is 1.79 bits per heavy atom. The van der Waals surface area contributed by atoms with Crippen LogP contribution in [0, 0.1) is 0 Å². The van der Waals surface area contributed by atoms with Crippen molar-refractivity contribution in [1.82, 2.24) is 25.2 Å². The molecule has 2 aromatic carbocycles. The second-order valence-corrected chi connectivity index (χ2v) is 8.79. The molecule has 4 aromatic rings. The van der Waals surface area contributed by atoms with Crippen LogP contribution < -0.4 is 24.4 Å². The number of hydrazone groups is 1. The van der Waals surface area contributed by atoms with Crippen molar-refractivity contribution >= 4 is 23.9 Å². The highest BCUT2D eigenvalue weighted by molar-refractivity contribution is 7.99. The molecule has 0 saturated carbocycles. The maximum atomic E-state index is 12.6. The minimum atomic E-state index is -0.312. The summed E-state index contributed by atoms with van der Waals surface area (Å²) in [7, 11) is 4.59. The van der Waals surface area contributed by atoms with Gasteiger partial charge in [0, 0.05) is 29.2 Å². The standard InChI is InChI=1S/C27H28N6O5S/c1-5-38-21-10-8-20(9-11-21)33-26(19-7-6-12-28-16-19)31-32-27(33)39-17-24(34)30-29-15-18-13-22(35-2)25(37-4)23(14-18)36-3/h6-16H,5,17H2,1-4H3,(H,30,34). The lowest BCUT2D eigenvalue weighted by molar-refractivity contribution is -0.118. The number of carbonyl (C=O) groups excluding carboxylic acids is 1. The number of ether oxygens (including phenoxy) is 4. The number of rotatable bonds is 12. The van der Waals surface area contributed by atoms with Crippen LogP contribution in [0.4, 0.5) is 0 Å². The van der Waals surface area contributed by atoms with Crippen LogP contribution in [0.15, 0.2) is 71.2 Å². The predicted octanol–water partition coefficient (Wildman–Crippen LogP) is 4.00. The lowest BCUT2D eigenvalue weighted by Gasteiger charge is -2.12. The number of amides is 1. The fourth-order valence-corrected chi connectivity index (χ4v) is 4.40. The third-order valence-electron chi connectivity index (χ3n) is 5.38. The number of nitrogens with zero attached hydrogens (tertiary/aromatic N) is 5. The smallest absolute Gasteiger partial charge is 0.250 e. The Morgan fingerprint density at radius 1 is 1.05 bits per heavy atom. The first-order chi connectivity index (χ1) is 19.1. The molecule has 0 atom stereocenters. The zero-order chi connectivity index (χ0) is 27.6. The van der Waals surface area contributed by atoms with E-state index in [1.54, 1.807) is 24.5 Å². The Hall–Kier alpha value is -4.58. The fraction of sp³-hybridized carbons (Fsp3) is 0.222. The molecule has 0 bridgehead atoms. The Labute approximate surface area is 230 Å². The van der Waals surface area contributed by atoms with E-state index >= 15 is 0 Å². The van der Waals surface area contributed by atoms with Crippen molar-refractivity contribution in [3.8, 4) is 40.1 Å². The molecule has 2 heterocycles. The monoisotopic (exact) mass is 548 g/mol. The molecule has 4 rings (SSSR count). The third-order valence-corrected chi connectivity index (χ3v) is 6.31. The zero-order valence-electron chi connectivity index (χ0n) is 22.0. The van der Waals surface area contributed by atoms with E-state index in [-0.39, 0.29) is 11.7 Å². The van der Waals surface area contributed by atoms with E-state index in [0.29, 0.717) is 40.4 Å². The quantitative estimate of drug-likeness (QED) is 0.159. The molecule has 0 saturated heterocycles. The lowest BCUT2D eigenvalue weighted by Crippen LogP contribution is -2.20. The van der Waals surface area contributed by atoms with Crippen molar-refractivity contribution < 1.29 is 23.7 Å². The highest BCUT2D eigenvalue weighted by atomic mass is 32.2. The van der Waals surface area contributed by atoms with Crippen molar-refractivity contribution in [3.63, 3.8) is 0 Å². The van der Waals surface area contributed by atoms with E-state index in [1.165, 1.54) is 39.3 Å². The summed E-state index contributed by atoms with van der Waals surface area (Å²) in [4.78, 5) is 16.8. The van der Waals surface area contributed by atoms with E-state index in [9.17, 15) is 4.79 Å². The minimum Gasteiger partial charge on any atom is -0.494 e. The first kappa shape index (κ1) is 27.5. The lowest BCUT2D eigenvalue weighted by atomic mass is 10.2. The van der Waals surface area contributed by atoms with E-state index in [2.05, 4.69) is 25.7 Å². The molecule has 0 aliphatic heterocycles. The van der Waals surface area contributed by atoms with Crippen molar-refractivity contribution in [2.45, 2.75) is 12.1 Å². The van der Waals surface area contributed by atoms with Gasteiger partial charge in [0.05, 0.1) is 39.9 Å². The van der Waals surface area contributed by atoms with Gasteiger partial charge in [0.15, 0.2) is 22.5 Å². The number of aromatic nitrogens is 4. The molecule has 0 fully saturated rings. The number of hydrogen-bond donors (Lipinski definition) is 1. The van der Waals surface area contributed by atoms with Crippen LogP contribution in [-0.4, -0.2) is 65.6 Å². The maximum Gasteiger partial charge on any atom is 0.250 e. The van der Waals surface area contributed by atoms with Gasteiger partial charge in [0.25, 0.3) is 5.91 Å². The largest absolute Gasteiger partial charge is 0.494 e. The Morgan fingerprint density at radius 3 is 2.41 bits per heavy atom. The number of benzene rings is 2. The molecule has 0 spiro atoms. The van der Waals surface area contributed by atoms with Crippen LogP contribution in [0.3, 0.4) is 0 Å². The van der Waals surface area contributed by atoms with Gasteiger partial charge in [-0.05, 0) is 55.5 Å². The summed E-state index contributed by atoms with van der Waals surface area (Å²) >= 11 is 1.24. The normalized spacial score (nSPS) is 10.9. The first-order valence-electron chi connectivity index (χ1n) is 11.9. The van der Waals surface area contributed by atoms with Crippen LogP contribution >= 0.6 is 11.8 Å². The Balaban J connectivity index is 1.49. The van der Waals surface area contributed by atoms with Gasteiger partial charge in [0.1, 0.15) is 5.75 Å². The average Bonchev–Trinajstić information content (AvgIpc) is 3.40.